The Morgan fingerprint density at radius 2 is 2.00 bits per heavy atom. The highest BCUT2D eigenvalue weighted by atomic mass is 16.4. The molecule has 6 nitrogen and oxygen atoms in total. The summed E-state index contributed by atoms with van der Waals surface area (Å²) in [6.45, 7) is 2.28. The fourth-order valence-corrected chi connectivity index (χ4v) is 2.14. The molecule has 1 aromatic heterocycles. The van der Waals surface area contributed by atoms with Gasteiger partial charge in [0.25, 0.3) is 0 Å². The molecule has 0 bridgehead atoms. The summed E-state index contributed by atoms with van der Waals surface area (Å²) in [4.78, 5) is 24.3. The number of carbonyl (C=O) groups is 2. The summed E-state index contributed by atoms with van der Waals surface area (Å²) in [5, 5.41) is 11.7. The molecule has 1 aromatic rings. The largest absolute Gasteiger partial charge is 0.475 e. The Morgan fingerprint density at radius 1 is 1.26 bits per heavy atom. The lowest BCUT2D eigenvalue weighted by molar-refractivity contribution is -0.131. The summed E-state index contributed by atoms with van der Waals surface area (Å²) in [5.74, 6) is -0.566. The van der Waals surface area contributed by atoms with Gasteiger partial charge in [0, 0.05) is 13.1 Å². The van der Waals surface area contributed by atoms with Crippen molar-refractivity contribution < 1.29 is 19.1 Å². The Balaban J connectivity index is 1.73. The van der Waals surface area contributed by atoms with Crippen LogP contribution in [0.3, 0.4) is 0 Å². The zero-order valence-electron chi connectivity index (χ0n) is 10.7. The first-order chi connectivity index (χ1) is 9.16. The van der Waals surface area contributed by atoms with Crippen LogP contribution in [0, 0.1) is 0 Å². The molecule has 1 aliphatic heterocycles. The second-order valence-corrected chi connectivity index (χ2v) is 4.62. The van der Waals surface area contributed by atoms with Crippen LogP contribution in [-0.2, 0) is 11.3 Å². The van der Waals surface area contributed by atoms with Crippen molar-refractivity contribution in [1.82, 2.24) is 10.2 Å². The van der Waals surface area contributed by atoms with E-state index in [9.17, 15) is 9.59 Å². The second kappa shape index (κ2) is 6.38. The number of aromatic carboxylic acids is 1. The number of likely N-dealkylation sites (tertiary alicyclic amines) is 1. The van der Waals surface area contributed by atoms with E-state index in [4.69, 9.17) is 9.52 Å². The molecule has 0 aromatic carbocycles. The molecule has 0 spiro atoms. The Bertz CT molecular complexity index is 449. The number of carbonyl (C=O) groups excluding carboxylic acids is 1. The van der Waals surface area contributed by atoms with Gasteiger partial charge in [0.2, 0.25) is 11.7 Å². The molecule has 2 rings (SSSR count). The standard InChI is InChI=1S/C13H18N2O4/c16-12(15-6-2-1-3-7-15)9-14-8-10-4-5-11(19-10)13(17)18/h4-5,14H,1-3,6-9H2,(H,17,18). The van der Waals surface area contributed by atoms with Crippen LogP contribution in [0.15, 0.2) is 16.5 Å². The first-order valence-corrected chi connectivity index (χ1v) is 6.47. The van der Waals surface area contributed by atoms with Crippen LogP contribution < -0.4 is 5.32 Å². The molecule has 0 atom stereocenters. The van der Waals surface area contributed by atoms with E-state index in [1.807, 2.05) is 4.90 Å². The lowest BCUT2D eigenvalue weighted by Crippen LogP contribution is -2.40. The maximum atomic E-state index is 11.8. The molecule has 1 saturated heterocycles. The number of hydrogen-bond acceptors (Lipinski definition) is 4. The predicted octanol–water partition coefficient (Wildman–Crippen LogP) is 1.08. The number of amides is 1. The highest BCUT2D eigenvalue weighted by Gasteiger charge is 2.16. The summed E-state index contributed by atoms with van der Waals surface area (Å²) in [5.41, 5.74) is 0. The van der Waals surface area contributed by atoms with Crippen molar-refractivity contribution in [3.05, 3.63) is 23.7 Å². The second-order valence-electron chi connectivity index (χ2n) is 4.62. The Hall–Kier alpha value is -1.82. The topological polar surface area (TPSA) is 82.8 Å². The van der Waals surface area contributed by atoms with E-state index in [0.717, 1.165) is 25.9 Å². The molecule has 1 aliphatic rings. The van der Waals surface area contributed by atoms with E-state index in [1.54, 1.807) is 6.07 Å². The zero-order valence-corrected chi connectivity index (χ0v) is 10.7. The van der Waals surface area contributed by atoms with Gasteiger partial charge in [-0.25, -0.2) is 4.79 Å². The maximum Gasteiger partial charge on any atom is 0.371 e. The van der Waals surface area contributed by atoms with Crippen LogP contribution >= 0.6 is 0 Å². The van der Waals surface area contributed by atoms with Gasteiger partial charge < -0.3 is 19.7 Å². The van der Waals surface area contributed by atoms with Crippen LogP contribution in [0.2, 0.25) is 0 Å². The minimum atomic E-state index is -1.09. The van der Waals surface area contributed by atoms with Gasteiger partial charge in [-0.15, -0.1) is 0 Å². The minimum absolute atomic E-state index is 0.0841. The minimum Gasteiger partial charge on any atom is -0.475 e. The molecule has 1 fully saturated rings. The smallest absolute Gasteiger partial charge is 0.371 e. The molecule has 0 aliphatic carbocycles. The third-order valence-corrected chi connectivity index (χ3v) is 3.16. The molecule has 0 saturated carbocycles. The van der Waals surface area contributed by atoms with E-state index in [0.29, 0.717) is 12.3 Å². The lowest BCUT2D eigenvalue weighted by Gasteiger charge is -2.26. The lowest BCUT2D eigenvalue weighted by atomic mass is 10.1. The van der Waals surface area contributed by atoms with E-state index in [2.05, 4.69) is 5.32 Å². The van der Waals surface area contributed by atoms with Crippen LogP contribution in [-0.4, -0.2) is 41.5 Å². The van der Waals surface area contributed by atoms with E-state index < -0.39 is 5.97 Å². The van der Waals surface area contributed by atoms with Crippen LogP contribution in [0.25, 0.3) is 0 Å². The average molecular weight is 266 g/mol. The first kappa shape index (κ1) is 13.6. The first-order valence-electron chi connectivity index (χ1n) is 6.47. The molecule has 1 amide bonds. The molecule has 2 heterocycles. The number of nitrogens with zero attached hydrogens (tertiary/aromatic N) is 1. The highest BCUT2D eigenvalue weighted by Crippen LogP contribution is 2.09. The quantitative estimate of drug-likeness (QED) is 0.833. The molecule has 2 N–H and O–H groups in total. The number of rotatable bonds is 5. The maximum absolute atomic E-state index is 11.8. The number of hydrogen-bond donors (Lipinski definition) is 2. The third-order valence-electron chi connectivity index (χ3n) is 3.16. The molecular formula is C13H18N2O4. The van der Waals surface area contributed by atoms with E-state index in [-0.39, 0.29) is 18.2 Å². The summed E-state index contributed by atoms with van der Waals surface area (Å²) >= 11 is 0. The van der Waals surface area contributed by atoms with Gasteiger partial charge in [-0.2, -0.15) is 0 Å². The van der Waals surface area contributed by atoms with Crippen LogP contribution in [0.1, 0.15) is 35.6 Å². The summed E-state index contributed by atoms with van der Waals surface area (Å²) < 4.78 is 5.09. The van der Waals surface area contributed by atoms with Gasteiger partial charge in [0.15, 0.2) is 0 Å². The van der Waals surface area contributed by atoms with Crippen molar-refractivity contribution in [3.8, 4) is 0 Å². The average Bonchev–Trinajstić information content (AvgIpc) is 2.89. The third kappa shape index (κ3) is 3.82. The molecular weight excluding hydrogens is 248 g/mol. The Morgan fingerprint density at radius 3 is 2.63 bits per heavy atom. The number of piperidine rings is 1. The molecule has 104 valence electrons. The molecule has 0 unspecified atom stereocenters. The molecule has 19 heavy (non-hydrogen) atoms. The predicted molar refractivity (Wildman–Crippen MR) is 67.8 cm³/mol. The van der Waals surface area contributed by atoms with Gasteiger partial charge in [-0.1, -0.05) is 0 Å². The van der Waals surface area contributed by atoms with Gasteiger partial charge in [0.05, 0.1) is 13.1 Å². The van der Waals surface area contributed by atoms with E-state index in [1.165, 1.54) is 12.5 Å². The number of carboxylic acids is 1. The van der Waals surface area contributed by atoms with E-state index >= 15 is 0 Å². The molecule has 0 radical (unpaired) electrons. The van der Waals surface area contributed by atoms with Crippen molar-refractivity contribution >= 4 is 11.9 Å². The zero-order chi connectivity index (χ0) is 13.7. The Kier molecular flexibility index (Phi) is 4.57. The van der Waals surface area contributed by atoms with Gasteiger partial charge in [-0.05, 0) is 31.4 Å². The summed E-state index contributed by atoms with van der Waals surface area (Å²) in [6, 6.07) is 3.01. The Labute approximate surface area is 111 Å². The molecule has 6 heteroatoms. The highest BCUT2D eigenvalue weighted by molar-refractivity contribution is 5.84. The summed E-state index contributed by atoms with van der Waals surface area (Å²) in [7, 11) is 0. The van der Waals surface area contributed by atoms with Crippen molar-refractivity contribution in [3.63, 3.8) is 0 Å². The van der Waals surface area contributed by atoms with Crippen LogP contribution in [0.5, 0.6) is 0 Å². The fraction of sp³-hybridized carbons (Fsp3) is 0.538. The van der Waals surface area contributed by atoms with Crippen molar-refractivity contribution in [2.45, 2.75) is 25.8 Å². The number of furan rings is 1. The van der Waals surface area contributed by atoms with Gasteiger partial charge in [-0.3, -0.25) is 4.79 Å². The fourth-order valence-electron chi connectivity index (χ4n) is 2.14. The van der Waals surface area contributed by atoms with Crippen molar-refractivity contribution in [2.75, 3.05) is 19.6 Å². The number of nitrogens with one attached hydrogen (secondary N) is 1. The van der Waals surface area contributed by atoms with Crippen molar-refractivity contribution in [2.24, 2.45) is 0 Å². The SMILES string of the molecule is O=C(O)c1ccc(CNCC(=O)N2CCCCC2)o1. The summed E-state index contributed by atoms with van der Waals surface area (Å²) in [6.07, 6.45) is 3.35. The van der Waals surface area contributed by atoms with Gasteiger partial charge >= 0.3 is 5.97 Å². The van der Waals surface area contributed by atoms with Crippen LogP contribution in [0.4, 0.5) is 0 Å². The van der Waals surface area contributed by atoms with Crippen molar-refractivity contribution in [1.29, 1.82) is 0 Å². The van der Waals surface area contributed by atoms with Gasteiger partial charge in [0.1, 0.15) is 5.76 Å². The number of carboxylic acid groups (broad SMARTS) is 1. The normalized spacial score (nSPS) is 15.5. The monoisotopic (exact) mass is 266 g/mol.